The van der Waals surface area contributed by atoms with E-state index in [2.05, 4.69) is 5.32 Å². The Morgan fingerprint density at radius 1 is 1.04 bits per heavy atom. The van der Waals surface area contributed by atoms with Crippen LogP contribution in [0.1, 0.15) is 47.1 Å². The zero-order valence-electron chi connectivity index (χ0n) is 15.5. The Hall–Kier alpha value is -2.04. The number of hydrogen-bond acceptors (Lipinski definition) is 4. The Morgan fingerprint density at radius 2 is 1.62 bits per heavy atom. The molecule has 1 amide bonds. The Kier molecular flexibility index (Phi) is 6.81. The normalized spacial score (nSPS) is 13.1. The number of hydrogen-bond donors (Lipinski definition) is 1. The number of esters is 1. The molecule has 0 bridgehead atoms. The number of alkyl carbamates (subject to hydrolysis) is 1. The van der Waals surface area contributed by atoms with Crippen molar-refractivity contribution in [2.45, 2.75) is 59.6 Å². The molecule has 1 aromatic rings. The second-order valence-electron chi connectivity index (χ2n) is 7.88. The lowest BCUT2D eigenvalue weighted by molar-refractivity contribution is -0.153. The van der Waals surface area contributed by atoms with Crippen LogP contribution >= 0.6 is 0 Å². The maximum atomic E-state index is 12.0. The van der Waals surface area contributed by atoms with Crippen molar-refractivity contribution in [1.82, 2.24) is 5.32 Å². The van der Waals surface area contributed by atoms with Gasteiger partial charge >= 0.3 is 12.1 Å². The van der Waals surface area contributed by atoms with Crippen LogP contribution in [0.3, 0.4) is 0 Å². The number of nitrogens with one attached hydrogen (secondary N) is 1. The first-order chi connectivity index (χ1) is 11.0. The molecule has 1 N–H and O–H groups in total. The number of rotatable bonds is 5. The lowest BCUT2D eigenvalue weighted by atomic mass is 9.97. The molecule has 5 nitrogen and oxygen atoms in total. The van der Waals surface area contributed by atoms with Gasteiger partial charge in [0.05, 0.1) is 11.5 Å². The summed E-state index contributed by atoms with van der Waals surface area (Å²) >= 11 is 0. The van der Waals surface area contributed by atoms with Crippen molar-refractivity contribution >= 4 is 12.1 Å². The fourth-order valence-electron chi connectivity index (χ4n) is 1.92. The molecule has 24 heavy (non-hydrogen) atoms. The lowest BCUT2D eigenvalue weighted by Gasteiger charge is -2.25. The number of benzene rings is 1. The van der Waals surface area contributed by atoms with Gasteiger partial charge in [0.2, 0.25) is 0 Å². The molecule has 1 atom stereocenters. The molecular formula is C19H29NO4. The molecule has 0 fully saturated rings. The first-order valence-electron chi connectivity index (χ1n) is 8.18. The molecule has 1 rings (SSSR count). The standard InChI is InChI=1S/C19H29NO4/c1-18(2,3)16(21)23-13-15(12-14-10-8-7-9-11-14)20-17(22)24-19(4,5)6/h7-11,15H,12-13H2,1-6H3,(H,20,22). The average Bonchev–Trinajstić information content (AvgIpc) is 2.42. The molecule has 0 saturated carbocycles. The van der Waals surface area contributed by atoms with Crippen LogP contribution < -0.4 is 5.32 Å². The van der Waals surface area contributed by atoms with Gasteiger partial charge in [-0.05, 0) is 53.5 Å². The van der Waals surface area contributed by atoms with Gasteiger partial charge in [-0.25, -0.2) is 4.79 Å². The van der Waals surface area contributed by atoms with Crippen LogP contribution in [0.5, 0.6) is 0 Å². The second-order valence-corrected chi connectivity index (χ2v) is 7.88. The van der Waals surface area contributed by atoms with Crippen molar-refractivity contribution in [3.8, 4) is 0 Å². The molecule has 1 aromatic carbocycles. The molecular weight excluding hydrogens is 306 g/mol. The van der Waals surface area contributed by atoms with E-state index in [1.165, 1.54) is 0 Å². The van der Waals surface area contributed by atoms with Crippen molar-refractivity contribution in [3.05, 3.63) is 35.9 Å². The highest BCUT2D eigenvalue weighted by Crippen LogP contribution is 2.16. The van der Waals surface area contributed by atoms with E-state index in [1.54, 1.807) is 41.5 Å². The zero-order chi connectivity index (χ0) is 18.4. The summed E-state index contributed by atoms with van der Waals surface area (Å²) < 4.78 is 10.7. The maximum Gasteiger partial charge on any atom is 0.408 e. The van der Waals surface area contributed by atoms with E-state index in [0.29, 0.717) is 6.42 Å². The molecule has 0 saturated heterocycles. The SMILES string of the molecule is CC(C)(C)OC(=O)NC(COC(=O)C(C)(C)C)Cc1ccccc1. The zero-order valence-corrected chi connectivity index (χ0v) is 15.5. The molecule has 0 aromatic heterocycles. The molecule has 0 spiro atoms. The molecule has 5 heteroatoms. The van der Waals surface area contributed by atoms with Crippen molar-refractivity contribution in [2.24, 2.45) is 5.41 Å². The van der Waals surface area contributed by atoms with Crippen LogP contribution in [0, 0.1) is 5.41 Å². The second kappa shape index (κ2) is 8.18. The van der Waals surface area contributed by atoms with Crippen LogP contribution in [0.4, 0.5) is 4.79 Å². The van der Waals surface area contributed by atoms with E-state index in [1.807, 2.05) is 30.3 Å². The Morgan fingerprint density at radius 3 is 2.12 bits per heavy atom. The van der Waals surface area contributed by atoms with E-state index in [0.717, 1.165) is 5.56 Å². The highest BCUT2D eigenvalue weighted by Gasteiger charge is 2.25. The van der Waals surface area contributed by atoms with E-state index < -0.39 is 17.1 Å². The highest BCUT2D eigenvalue weighted by molar-refractivity contribution is 5.75. The molecule has 1 unspecified atom stereocenters. The summed E-state index contributed by atoms with van der Waals surface area (Å²) in [5.41, 5.74) is -0.113. The summed E-state index contributed by atoms with van der Waals surface area (Å²) in [6.45, 7) is 10.9. The number of ether oxygens (including phenoxy) is 2. The molecule has 134 valence electrons. The molecule has 0 radical (unpaired) electrons. The number of carbonyl (C=O) groups excluding carboxylic acids is 2. The third kappa shape index (κ3) is 7.99. The van der Waals surface area contributed by atoms with Gasteiger partial charge in [-0.1, -0.05) is 30.3 Å². The Bertz CT molecular complexity index is 541. The summed E-state index contributed by atoms with van der Waals surface area (Å²) in [6, 6.07) is 9.38. The smallest absolute Gasteiger partial charge is 0.408 e. The van der Waals surface area contributed by atoms with Gasteiger partial charge in [0.25, 0.3) is 0 Å². The molecule has 0 aliphatic carbocycles. The predicted octanol–water partition coefficient (Wildman–Crippen LogP) is 3.71. The van der Waals surface area contributed by atoms with Crippen LogP contribution in [0.2, 0.25) is 0 Å². The third-order valence-electron chi connectivity index (χ3n) is 3.07. The average molecular weight is 335 g/mol. The van der Waals surface area contributed by atoms with Crippen molar-refractivity contribution in [3.63, 3.8) is 0 Å². The first-order valence-corrected chi connectivity index (χ1v) is 8.18. The van der Waals surface area contributed by atoms with Crippen LogP contribution in [0.15, 0.2) is 30.3 Å². The number of carbonyl (C=O) groups is 2. The van der Waals surface area contributed by atoms with E-state index in [4.69, 9.17) is 9.47 Å². The van der Waals surface area contributed by atoms with Gasteiger partial charge in [-0.2, -0.15) is 0 Å². The fraction of sp³-hybridized carbons (Fsp3) is 0.579. The molecule has 0 heterocycles. The van der Waals surface area contributed by atoms with Gasteiger partial charge in [0.1, 0.15) is 12.2 Å². The molecule has 0 aliphatic heterocycles. The third-order valence-corrected chi connectivity index (χ3v) is 3.07. The predicted molar refractivity (Wildman–Crippen MR) is 93.7 cm³/mol. The number of amides is 1. The minimum Gasteiger partial charge on any atom is -0.463 e. The monoisotopic (exact) mass is 335 g/mol. The van der Waals surface area contributed by atoms with Crippen LogP contribution in [-0.4, -0.2) is 30.3 Å². The summed E-state index contributed by atoms with van der Waals surface area (Å²) in [7, 11) is 0. The van der Waals surface area contributed by atoms with E-state index in [-0.39, 0.29) is 18.6 Å². The maximum absolute atomic E-state index is 12.0. The summed E-state index contributed by atoms with van der Waals surface area (Å²) in [5, 5.41) is 2.79. The molecule has 0 aliphatic rings. The summed E-state index contributed by atoms with van der Waals surface area (Å²) in [6.07, 6.45) is 0.0348. The van der Waals surface area contributed by atoms with Gasteiger partial charge < -0.3 is 14.8 Å². The largest absolute Gasteiger partial charge is 0.463 e. The van der Waals surface area contributed by atoms with E-state index >= 15 is 0 Å². The van der Waals surface area contributed by atoms with Crippen molar-refractivity contribution in [2.75, 3.05) is 6.61 Å². The van der Waals surface area contributed by atoms with Gasteiger partial charge in [0, 0.05) is 0 Å². The highest BCUT2D eigenvalue weighted by atomic mass is 16.6. The van der Waals surface area contributed by atoms with E-state index in [9.17, 15) is 9.59 Å². The quantitative estimate of drug-likeness (QED) is 0.833. The Labute approximate surface area is 144 Å². The van der Waals surface area contributed by atoms with Gasteiger partial charge in [-0.3, -0.25) is 4.79 Å². The fourth-order valence-corrected chi connectivity index (χ4v) is 1.92. The van der Waals surface area contributed by atoms with Gasteiger partial charge in [-0.15, -0.1) is 0 Å². The minimum absolute atomic E-state index is 0.101. The van der Waals surface area contributed by atoms with Crippen molar-refractivity contribution in [1.29, 1.82) is 0 Å². The van der Waals surface area contributed by atoms with Crippen LogP contribution in [-0.2, 0) is 20.7 Å². The topological polar surface area (TPSA) is 64.6 Å². The summed E-state index contributed by atoms with van der Waals surface area (Å²) in [5.74, 6) is -0.299. The minimum atomic E-state index is -0.580. The van der Waals surface area contributed by atoms with Crippen molar-refractivity contribution < 1.29 is 19.1 Å². The van der Waals surface area contributed by atoms with Crippen LogP contribution in [0.25, 0.3) is 0 Å². The Balaban J connectivity index is 2.72. The van der Waals surface area contributed by atoms with Gasteiger partial charge in [0.15, 0.2) is 0 Å². The summed E-state index contributed by atoms with van der Waals surface area (Å²) in [4.78, 5) is 24.0. The first kappa shape index (κ1) is 20.0. The lowest BCUT2D eigenvalue weighted by Crippen LogP contribution is -2.43.